The molecular weight excluding hydrogens is 380 g/mol. The van der Waals surface area contributed by atoms with E-state index in [1.165, 1.54) is 0 Å². The summed E-state index contributed by atoms with van der Waals surface area (Å²) in [5.41, 5.74) is 2.39. The second kappa shape index (κ2) is 12.7. The van der Waals surface area contributed by atoms with Crippen molar-refractivity contribution >= 4 is 30.1 Å². The van der Waals surface area contributed by atoms with Crippen molar-refractivity contribution in [2.45, 2.75) is 66.5 Å². The van der Waals surface area contributed by atoms with Crippen molar-refractivity contribution in [2.75, 3.05) is 6.54 Å². The van der Waals surface area contributed by atoms with Gasteiger partial charge in [-0.05, 0) is 30.6 Å². The molecule has 4 amide bonds. The van der Waals surface area contributed by atoms with Gasteiger partial charge in [0, 0.05) is 6.54 Å². The van der Waals surface area contributed by atoms with Gasteiger partial charge in [-0.15, -0.1) is 0 Å². The highest BCUT2D eigenvalue weighted by Gasteiger charge is 2.29. The molecule has 0 aliphatic heterocycles. The van der Waals surface area contributed by atoms with Crippen LogP contribution in [0.15, 0.2) is 0 Å². The van der Waals surface area contributed by atoms with E-state index >= 15 is 0 Å². The van der Waals surface area contributed by atoms with Gasteiger partial charge < -0.3 is 15.7 Å². The van der Waals surface area contributed by atoms with Crippen LogP contribution in [-0.2, 0) is 19.2 Å². The molecule has 0 saturated carbocycles. The van der Waals surface area contributed by atoms with Crippen molar-refractivity contribution in [1.29, 1.82) is 0 Å². The minimum absolute atomic E-state index is 0.00692. The summed E-state index contributed by atoms with van der Waals surface area (Å²) in [6.07, 6.45) is -0.703. The maximum atomic E-state index is 12.7. The minimum atomic E-state index is -1.34. The molecule has 0 radical (unpaired) electrons. The first kappa shape index (κ1) is 26.4. The van der Waals surface area contributed by atoms with E-state index in [1.807, 2.05) is 41.5 Å². The van der Waals surface area contributed by atoms with Crippen molar-refractivity contribution < 1.29 is 29.1 Å². The molecule has 0 spiro atoms. The highest BCUT2D eigenvalue weighted by atomic mass is 16.4. The summed E-state index contributed by atoms with van der Waals surface area (Å²) in [6, 6.07) is -2.01. The molecule has 0 fully saturated rings. The van der Waals surface area contributed by atoms with Gasteiger partial charge in [-0.1, -0.05) is 41.5 Å². The molecular formula is C19H34N4O6. The molecule has 10 heteroatoms. The average molecular weight is 415 g/mol. The predicted molar refractivity (Wildman–Crippen MR) is 107 cm³/mol. The molecule has 0 aliphatic carbocycles. The zero-order chi connectivity index (χ0) is 22.7. The first-order chi connectivity index (χ1) is 13.4. The van der Waals surface area contributed by atoms with Crippen LogP contribution in [-0.4, -0.2) is 58.8 Å². The third-order valence-corrected chi connectivity index (χ3v) is 3.82. The van der Waals surface area contributed by atoms with Crippen molar-refractivity contribution in [3.8, 4) is 0 Å². The van der Waals surface area contributed by atoms with Gasteiger partial charge in [0.25, 0.3) is 5.91 Å². The van der Waals surface area contributed by atoms with Gasteiger partial charge in [-0.2, -0.15) is 0 Å². The summed E-state index contributed by atoms with van der Waals surface area (Å²) in [7, 11) is 0. The van der Waals surface area contributed by atoms with Crippen molar-refractivity contribution in [3.05, 3.63) is 0 Å². The Bertz CT molecular complexity index is 591. The molecule has 4 N–H and O–H groups in total. The Labute approximate surface area is 171 Å². The molecule has 2 atom stereocenters. The lowest BCUT2D eigenvalue weighted by Crippen LogP contribution is -2.58. The van der Waals surface area contributed by atoms with Gasteiger partial charge in [-0.25, -0.2) is 9.80 Å². The Hall–Kier alpha value is -2.65. The molecule has 0 aromatic heterocycles. The molecule has 0 bridgehead atoms. The topological polar surface area (TPSA) is 145 Å². The number of aldehydes is 1. The number of carboxylic acid groups (broad SMARTS) is 1. The molecule has 10 nitrogen and oxygen atoms in total. The second-order valence-corrected chi connectivity index (χ2v) is 8.26. The van der Waals surface area contributed by atoms with E-state index < -0.39 is 35.9 Å². The summed E-state index contributed by atoms with van der Waals surface area (Å²) in [4.78, 5) is 59.0. The highest BCUT2D eigenvalue weighted by Crippen LogP contribution is 2.09. The Morgan fingerprint density at radius 2 is 1.31 bits per heavy atom. The summed E-state index contributed by atoms with van der Waals surface area (Å²) in [6.45, 7) is 11.2. The maximum absolute atomic E-state index is 12.7. The Balaban J connectivity index is 5.41. The lowest BCUT2D eigenvalue weighted by atomic mass is 10.0. The number of hydrazine groups is 1. The van der Waals surface area contributed by atoms with Crippen LogP contribution in [0, 0.1) is 17.8 Å². The Kier molecular flexibility index (Phi) is 11.6. The molecule has 0 aromatic rings. The molecule has 0 aliphatic rings. The fraction of sp³-hybridized carbons (Fsp3) is 0.737. The minimum Gasteiger partial charge on any atom is -0.465 e. The molecule has 0 heterocycles. The quantitative estimate of drug-likeness (QED) is 0.225. The number of rotatable bonds is 11. The molecule has 29 heavy (non-hydrogen) atoms. The van der Waals surface area contributed by atoms with Gasteiger partial charge in [0.1, 0.15) is 12.1 Å². The van der Waals surface area contributed by atoms with E-state index in [4.69, 9.17) is 5.11 Å². The van der Waals surface area contributed by atoms with Crippen LogP contribution < -0.4 is 16.1 Å². The van der Waals surface area contributed by atoms with Crippen LogP contribution >= 0.6 is 0 Å². The zero-order valence-electron chi connectivity index (χ0n) is 18.0. The van der Waals surface area contributed by atoms with Gasteiger partial charge in [-0.3, -0.25) is 24.6 Å². The van der Waals surface area contributed by atoms with Crippen LogP contribution in [0.2, 0.25) is 0 Å². The van der Waals surface area contributed by atoms with E-state index in [0.717, 1.165) is 5.01 Å². The number of carbonyl (C=O) groups is 5. The number of hydrogen-bond donors (Lipinski definition) is 4. The zero-order valence-corrected chi connectivity index (χ0v) is 18.0. The monoisotopic (exact) mass is 414 g/mol. The number of carbonyl (C=O) groups excluding carboxylic acids is 4. The SMILES string of the molecule is CC(C)C[C@H](NC(=O)O)C(=O)N[C@@H](CC(C)C)C(=O)NN(CC(C)C)C(=O)C=O. The van der Waals surface area contributed by atoms with Gasteiger partial charge in [0.05, 0.1) is 0 Å². The molecule has 0 aromatic carbocycles. The average Bonchev–Trinajstić information content (AvgIpc) is 2.57. The number of nitrogens with one attached hydrogen (secondary N) is 3. The lowest BCUT2D eigenvalue weighted by molar-refractivity contribution is -0.146. The van der Waals surface area contributed by atoms with E-state index in [2.05, 4.69) is 16.1 Å². The highest BCUT2D eigenvalue weighted by molar-refractivity contribution is 6.23. The second-order valence-electron chi connectivity index (χ2n) is 8.26. The lowest BCUT2D eigenvalue weighted by Gasteiger charge is -2.28. The molecule has 0 unspecified atom stereocenters. The predicted octanol–water partition coefficient (Wildman–Crippen LogP) is 0.914. The third kappa shape index (κ3) is 11.1. The van der Waals surface area contributed by atoms with E-state index in [-0.39, 0.29) is 43.4 Å². The smallest absolute Gasteiger partial charge is 0.405 e. The summed E-state index contributed by atoms with van der Waals surface area (Å²) in [5.74, 6) is -2.11. The maximum Gasteiger partial charge on any atom is 0.405 e. The molecule has 0 saturated heterocycles. The number of hydrogen-bond acceptors (Lipinski definition) is 5. The fourth-order valence-corrected chi connectivity index (χ4v) is 2.66. The Morgan fingerprint density at radius 1 is 0.828 bits per heavy atom. The van der Waals surface area contributed by atoms with Gasteiger partial charge in [0.2, 0.25) is 12.2 Å². The van der Waals surface area contributed by atoms with Crippen LogP contribution in [0.4, 0.5) is 4.79 Å². The van der Waals surface area contributed by atoms with Crippen molar-refractivity contribution in [1.82, 2.24) is 21.1 Å². The van der Waals surface area contributed by atoms with Crippen molar-refractivity contribution in [2.24, 2.45) is 17.8 Å². The number of amides is 4. The first-order valence-electron chi connectivity index (χ1n) is 9.74. The summed E-state index contributed by atoms with van der Waals surface area (Å²) >= 11 is 0. The van der Waals surface area contributed by atoms with E-state index in [1.54, 1.807) is 0 Å². The Morgan fingerprint density at radius 3 is 1.69 bits per heavy atom. The fourth-order valence-electron chi connectivity index (χ4n) is 2.66. The first-order valence-corrected chi connectivity index (χ1v) is 9.74. The van der Waals surface area contributed by atoms with Gasteiger partial charge >= 0.3 is 12.0 Å². The number of nitrogens with zero attached hydrogens (tertiary/aromatic N) is 1. The van der Waals surface area contributed by atoms with Crippen LogP contribution in [0.25, 0.3) is 0 Å². The van der Waals surface area contributed by atoms with Crippen LogP contribution in [0.3, 0.4) is 0 Å². The van der Waals surface area contributed by atoms with Crippen molar-refractivity contribution in [3.63, 3.8) is 0 Å². The molecule has 166 valence electrons. The van der Waals surface area contributed by atoms with Gasteiger partial charge in [0.15, 0.2) is 0 Å². The van der Waals surface area contributed by atoms with E-state index in [9.17, 15) is 24.0 Å². The van der Waals surface area contributed by atoms with Crippen LogP contribution in [0.1, 0.15) is 54.4 Å². The van der Waals surface area contributed by atoms with E-state index in [0.29, 0.717) is 0 Å². The normalized spacial score (nSPS) is 13.0. The van der Waals surface area contributed by atoms with Crippen LogP contribution in [0.5, 0.6) is 0 Å². The largest absolute Gasteiger partial charge is 0.465 e. The molecule has 0 rings (SSSR count). The third-order valence-electron chi connectivity index (χ3n) is 3.82. The standard InChI is InChI=1S/C19H34N4O6/c1-11(2)7-14(21-19(28)29)17(26)20-15(8-12(3)4)18(27)22-23(9-13(5)6)16(25)10-24/h10-15,21H,7-9H2,1-6H3,(H,20,26)(H,22,27)(H,28,29)/t14-,15-/m0/s1. The summed E-state index contributed by atoms with van der Waals surface area (Å²) < 4.78 is 0. The summed E-state index contributed by atoms with van der Waals surface area (Å²) in [5, 5.41) is 14.6.